The molecule has 0 bridgehead atoms. The number of ether oxygens (including phenoxy) is 2. The molecule has 62 heavy (non-hydrogen) atoms. The number of H-pyrrole nitrogens is 2. The Morgan fingerprint density at radius 2 is 1.29 bits per heavy atom. The minimum atomic E-state index is -1.16. The standard InChI is InChI=1S/C46H52N8O8/c1-26(25-55)40(51-45(58)62-4)44(57)54-19-6-8-38(54)42-48-34-16-14-32(24-36(34)50-42)30-12-10-27-21-29(11-9-28(27)22-30)31-13-15-33-35(23-31)49-41(47-33)37-7-5-18-53(37)43(56)39(17-20-61-3)52(2)46(59)60/h9-16,21-24,26,37-40,55H,5-8,17-20,25H2,1-4H3,(H,47,49)(H,48,50)(H,51,58)(H,59,60)/t26?,37-,38-,39-,40-/m0/s1. The van der Waals surface area contributed by atoms with E-state index in [2.05, 4.69) is 63.8 Å². The van der Waals surface area contributed by atoms with Crippen LogP contribution in [0.15, 0.2) is 72.8 Å². The van der Waals surface area contributed by atoms with Crippen molar-refractivity contribution in [2.24, 2.45) is 5.92 Å². The molecule has 16 heteroatoms. The number of carboxylic acid groups (broad SMARTS) is 1. The molecule has 4 heterocycles. The Morgan fingerprint density at radius 3 is 1.77 bits per heavy atom. The molecule has 0 saturated carbocycles. The Bertz CT molecular complexity index is 2490. The van der Waals surface area contributed by atoms with Crippen LogP contribution in [0.2, 0.25) is 0 Å². The van der Waals surface area contributed by atoms with E-state index in [0.29, 0.717) is 31.2 Å². The molecule has 0 radical (unpaired) electrons. The number of rotatable bonds is 13. The van der Waals surface area contributed by atoms with Gasteiger partial charge in [-0.1, -0.05) is 43.3 Å². The maximum absolute atomic E-state index is 13.7. The predicted molar refractivity (Wildman–Crippen MR) is 233 cm³/mol. The highest BCUT2D eigenvalue weighted by molar-refractivity contribution is 5.93. The second-order valence-electron chi connectivity index (χ2n) is 16.3. The number of alkyl carbamates (subject to hydrolysis) is 1. The van der Waals surface area contributed by atoms with E-state index in [1.54, 1.807) is 16.7 Å². The second-order valence-corrected chi connectivity index (χ2v) is 16.3. The Morgan fingerprint density at radius 1 is 0.790 bits per heavy atom. The Hall–Kier alpha value is -6.52. The highest BCUT2D eigenvalue weighted by atomic mass is 16.5. The first kappa shape index (κ1) is 42.2. The van der Waals surface area contributed by atoms with E-state index in [9.17, 15) is 29.4 Å². The summed E-state index contributed by atoms with van der Waals surface area (Å²) in [4.78, 5) is 72.6. The molecule has 16 nitrogen and oxygen atoms in total. The predicted octanol–water partition coefficient (Wildman–Crippen LogP) is 6.62. The van der Waals surface area contributed by atoms with E-state index >= 15 is 0 Å². The summed E-state index contributed by atoms with van der Waals surface area (Å²) in [5, 5.41) is 24.2. The summed E-state index contributed by atoms with van der Waals surface area (Å²) in [7, 11) is 4.19. The molecule has 2 aromatic heterocycles. The summed E-state index contributed by atoms with van der Waals surface area (Å²) in [6.45, 7) is 2.74. The maximum Gasteiger partial charge on any atom is 0.407 e. The average molecular weight is 845 g/mol. The number of likely N-dealkylation sites (N-methyl/N-ethyl adjacent to an activating group) is 1. The summed E-state index contributed by atoms with van der Waals surface area (Å²) < 4.78 is 9.92. The van der Waals surface area contributed by atoms with Gasteiger partial charge in [0, 0.05) is 52.8 Å². The number of aromatic amines is 2. The van der Waals surface area contributed by atoms with Gasteiger partial charge < -0.3 is 44.8 Å². The van der Waals surface area contributed by atoms with Crippen molar-refractivity contribution >= 4 is 56.8 Å². The topological polar surface area (TPSA) is 206 Å². The lowest BCUT2D eigenvalue weighted by molar-refractivity contribution is -0.138. The first-order chi connectivity index (χ1) is 30.0. The van der Waals surface area contributed by atoms with Crippen LogP contribution < -0.4 is 5.32 Å². The van der Waals surface area contributed by atoms with Gasteiger partial charge in [0.15, 0.2) is 0 Å². The first-order valence-corrected chi connectivity index (χ1v) is 21.0. The van der Waals surface area contributed by atoms with Crippen LogP contribution >= 0.6 is 0 Å². The van der Waals surface area contributed by atoms with Crippen molar-refractivity contribution in [2.45, 2.75) is 63.2 Å². The van der Waals surface area contributed by atoms with Gasteiger partial charge in [-0.25, -0.2) is 19.6 Å². The van der Waals surface area contributed by atoms with Crippen molar-refractivity contribution in [1.29, 1.82) is 0 Å². The number of methoxy groups -OCH3 is 2. The van der Waals surface area contributed by atoms with Crippen LogP contribution in [0.25, 0.3) is 55.1 Å². The lowest BCUT2D eigenvalue weighted by atomic mass is 9.97. The number of nitrogens with zero attached hydrogens (tertiary/aromatic N) is 5. The number of aliphatic hydroxyl groups excluding tert-OH is 1. The maximum atomic E-state index is 13.7. The Labute approximate surface area is 358 Å². The van der Waals surface area contributed by atoms with Crippen LogP contribution in [-0.4, -0.2) is 129 Å². The van der Waals surface area contributed by atoms with Crippen molar-refractivity contribution in [1.82, 2.24) is 40.0 Å². The van der Waals surface area contributed by atoms with E-state index in [0.717, 1.165) is 79.3 Å². The molecule has 6 aromatic rings. The van der Waals surface area contributed by atoms with Gasteiger partial charge >= 0.3 is 12.2 Å². The number of hydrogen-bond acceptors (Lipinski definition) is 9. The van der Waals surface area contributed by atoms with E-state index in [4.69, 9.17) is 19.4 Å². The van der Waals surface area contributed by atoms with E-state index in [1.165, 1.54) is 21.3 Å². The van der Waals surface area contributed by atoms with E-state index in [-0.39, 0.29) is 43.5 Å². The highest BCUT2D eigenvalue weighted by Gasteiger charge is 2.40. The molecule has 8 rings (SSSR count). The number of aromatic nitrogens is 4. The summed E-state index contributed by atoms with van der Waals surface area (Å²) in [6.07, 6.45) is 1.39. The number of likely N-dealkylation sites (tertiary alicyclic amines) is 2. The first-order valence-electron chi connectivity index (χ1n) is 21.0. The molecule has 2 fully saturated rings. The average Bonchev–Trinajstić information content (AvgIpc) is 4.12. The summed E-state index contributed by atoms with van der Waals surface area (Å²) in [6, 6.07) is 22.6. The van der Waals surface area contributed by atoms with Crippen molar-refractivity contribution in [3.63, 3.8) is 0 Å². The van der Waals surface area contributed by atoms with E-state index in [1.807, 2.05) is 24.3 Å². The van der Waals surface area contributed by atoms with Crippen LogP contribution in [0.5, 0.6) is 0 Å². The molecule has 1 unspecified atom stereocenters. The van der Waals surface area contributed by atoms with Crippen molar-refractivity contribution in [2.75, 3.05) is 47.6 Å². The van der Waals surface area contributed by atoms with Gasteiger partial charge in [-0.15, -0.1) is 0 Å². The number of amides is 4. The largest absolute Gasteiger partial charge is 0.465 e. The molecule has 5 atom stereocenters. The van der Waals surface area contributed by atoms with Gasteiger partial charge in [0.1, 0.15) is 23.7 Å². The van der Waals surface area contributed by atoms with Crippen molar-refractivity contribution in [3.05, 3.63) is 84.4 Å². The minimum Gasteiger partial charge on any atom is -0.465 e. The van der Waals surface area contributed by atoms with E-state index < -0.39 is 30.2 Å². The molecule has 5 N–H and O–H groups in total. The number of hydrogen-bond donors (Lipinski definition) is 5. The number of aliphatic hydroxyl groups is 1. The zero-order valence-electron chi connectivity index (χ0n) is 35.3. The van der Waals surface area contributed by atoms with Crippen LogP contribution in [0.1, 0.15) is 62.8 Å². The van der Waals surface area contributed by atoms with Gasteiger partial charge in [-0.3, -0.25) is 14.5 Å². The van der Waals surface area contributed by atoms with Crippen molar-refractivity contribution < 1.29 is 38.9 Å². The second kappa shape index (κ2) is 17.8. The van der Waals surface area contributed by atoms with Gasteiger partial charge in [-0.05, 0) is 95.1 Å². The number of carbonyl (C=O) groups is 4. The van der Waals surface area contributed by atoms with Gasteiger partial charge in [0.25, 0.3) is 0 Å². The molecule has 4 amide bonds. The number of carbonyl (C=O) groups excluding carboxylic acids is 3. The zero-order chi connectivity index (χ0) is 43.7. The Kier molecular flexibility index (Phi) is 12.1. The molecule has 0 spiro atoms. The number of fused-ring (bicyclic) bond motifs is 3. The van der Waals surface area contributed by atoms with Crippen LogP contribution in [0, 0.1) is 5.92 Å². The Balaban J connectivity index is 0.992. The number of nitrogens with one attached hydrogen (secondary N) is 3. The summed E-state index contributed by atoms with van der Waals surface area (Å²) in [5.74, 6) is 0.324. The molecular weight excluding hydrogens is 793 g/mol. The third-order valence-electron chi connectivity index (χ3n) is 12.4. The van der Waals surface area contributed by atoms with Gasteiger partial charge in [-0.2, -0.15) is 0 Å². The monoisotopic (exact) mass is 844 g/mol. The van der Waals surface area contributed by atoms with Crippen LogP contribution in [-0.2, 0) is 19.1 Å². The molecule has 2 aliphatic rings. The minimum absolute atomic E-state index is 0.247. The fraction of sp³-hybridized carbons (Fsp3) is 0.391. The smallest absolute Gasteiger partial charge is 0.407 e. The molecule has 2 saturated heterocycles. The molecule has 4 aromatic carbocycles. The molecule has 2 aliphatic heterocycles. The molecule has 324 valence electrons. The summed E-state index contributed by atoms with van der Waals surface area (Å²) >= 11 is 0. The van der Waals surface area contributed by atoms with Crippen molar-refractivity contribution in [3.8, 4) is 22.3 Å². The third kappa shape index (κ3) is 8.27. The quantitative estimate of drug-likeness (QED) is 0.0840. The zero-order valence-corrected chi connectivity index (χ0v) is 35.3. The normalized spacial score (nSPS) is 18.0. The van der Waals surface area contributed by atoms with Crippen LogP contribution in [0.3, 0.4) is 0 Å². The van der Waals surface area contributed by atoms with Crippen LogP contribution in [0.4, 0.5) is 9.59 Å². The lowest BCUT2D eigenvalue weighted by Crippen LogP contribution is -2.52. The van der Waals surface area contributed by atoms with Gasteiger partial charge in [0.05, 0.1) is 41.3 Å². The number of imidazole rings is 2. The fourth-order valence-corrected chi connectivity index (χ4v) is 8.91. The number of benzene rings is 4. The lowest BCUT2D eigenvalue weighted by Gasteiger charge is -2.31. The summed E-state index contributed by atoms with van der Waals surface area (Å²) in [5.41, 5.74) is 7.35. The third-order valence-corrected chi connectivity index (χ3v) is 12.4. The fourth-order valence-electron chi connectivity index (χ4n) is 8.91. The van der Waals surface area contributed by atoms with Gasteiger partial charge in [0.2, 0.25) is 11.8 Å². The molecule has 0 aliphatic carbocycles. The molecular formula is C46H52N8O8. The SMILES string of the molecule is COCC[C@@H](C(=O)N1CCC[C@H]1c1nc2cc(-c3ccc4cc(-c5ccc6[nH]c([C@@H]7CCCN7C(=O)[C@@H](NC(=O)OC)C(C)CO)nc6c5)ccc4c3)ccc2[nH]1)N(C)C(=O)O. The highest BCUT2D eigenvalue weighted by Crippen LogP contribution is 2.36.